The molecule has 0 fully saturated rings. The summed E-state index contributed by atoms with van der Waals surface area (Å²) in [5.74, 6) is 1.07. The lowest BCUT2D eigenvalue weighted by Gasteiger charge is -2.02. The van der Waals surface area contributed by atoms with E-state index in [9.17, 15) is 0 Å². The third kappa shape index (κ3) is 4.20. The van der Waals surface area contributed by atoms with Gasteiger partial charge in [-0.05, 0) is 18.7 Å². The van der Waals surface area contributed by atoms with Crippen LogP contribution in [0.25, 0.3) is 0 Å². The predicted molar refractivity (Wildman–Crippen MR) is 76.8 cm³/mol. The number of benzene rings is 1. The third-order valence-electron chi connectivity index (χ3n) is 2.60. The van der Waals surface area contributed by atoms with Crippen LogP contribution in [-0.4, -0.2) is 21.8 Å². The van der Waals surface area contributed by atoms with E-state index in [0.29, 0.717) is 0 Å². The number of nitrogens with zero attached hydrogens (tertiary/aromatic N) is 2. The Morgan fingerprint density at radius 3 is 2.89 bits per heavy atom. The lowest BCUT2D eigenvalue weighted by Crippen LogP contribution is -2.11. The Morgan fingerprint density at radius 2 is 2.11 bits per heavy atom. The summed E-state index contributed by atoms with van der Waals surface area (Å²) < 4.78 is 2.16. The number of aromatic nitrogens is 2. The minimum absolute atomic E-state index is 0.856. The van der Waals surface area contributed by atoms with Gasteiger partial charge in [0.1, 0.15) is 0 Å². The average molecular weight is 261 g/mol. The average Bonchev–Trinajstić information content (AvgIpc) is 2.85. The topological polar surface area (TPSA) is 29.9 Å². The van der Waals surface area contributed by atoms with Crippen molar-refractivity contribution in [3.63, 3.8) is 0 Å². The molecule has 18 heavy (non-hydrogen) atoms. The van der Waals surface area contributed by atoms with Crippen molar-refractivity contribution in [2.24, 2.45) is 0 Å². The molecule has 0 radical (unpaired) electrons. The second-order valence-corrected chi connectivity index (χ2v) is 5.21. The second kappa shape index (κ2) is 7.24. The Hall–Kier alpha value is -1.26. The molecular formula is C14H19N3S. The summed E-state index contributed by atoms with van der Waals surface area (Å²) in [6.45, 7) is 4.94. The molecule has 3 nitrogen and oxygen atoms in total. The molecule has 2 rings (SSSR count). The van der Waals surface area contributed by atoms with Crippen molar-refractivity contribution >= 4 is 11.8 Å². The van der Waals surface area contributed by atoms with Crippen LogP contribution in [0, 0.1) is 0 Å². The van der Waals surface area contributed by atoms with Gasteiger partial charge in [0.25, 0.3) is 0 Å². The summed E-state index contributed by atoms with van der Waals surface area (Å²) in [6, 6.07) is 10.5. The van der Waals surface area contributed by atoms with Crippen molar-refractivity contribution in [3.05, 3.63) is 48.5 Å². The number of imidazole rings is 1. The maximum atomic E-state index is 4.37. The van der Waals surface area contributed by atoms with E-state index in [-0.39, 0.29) is 0 Å². The molecule has 1 aromatic heterocycles. The van der Waals surface area contributed by atoms with Crippen LogP contribution in [0.15, 0.2) is 47.8 Å². The molecule has 0 saturated carbocycles. The van der Waals surface area contributed by atoms with E-state index in [0.717, 1.165) is 31.1 Å². The van der Waals surface area contributed by atoms with Gasteiger partial charge in [0, 0.05) is 29.9 Å². The molecular weight excluding hydrogens is 242 g/mol. The Kier molecular flexibility index (Phi) is 5.30. The number of hydrogen-bond donors (Lipinski definition) is 1. The first-order valence-corrected chi connectivity index (χ1v) is 7.26. The Morgan fingerprint density at radius 1 is 1.28 bits per heavy atom. The van der Waals surface area contributed by atoms with Gasteiger partial charge in [-0.15, -0.1) is 11.8 Å². The summed E-state index contributed by atoms with van der Waals surface area (Å²) in [6.07, 6.45) is 4.03. The highest BCUT2D eigenvalue weighted by Crippen LogP contribution is 2.17. The fourth-order valence-electron chi connectivity index (χ4n) is 1.66. The Bertz CT molecular complexity index is 453. The molecule has 0 aliphatic heterocycles. The first-order valence-electron chi connectivity index (χ1n) is 6.27. The zero-order valence-corrected chi connectivity index (χ0v) is 11.5. The number of hydrogen-bond acceptors (Lipinski definition) is 3. The molecule has 1 N–H and O–H groups in total. The summed E-state index contributed by atoms with van der Waals surface area (Å²) in [7, 11) is 0. The van der Waals surface area contributed by atoms with E-state index in [4.69, 9.17) is 0 Å². The number of aryl methyl sites for hydroxylation is 1. The molecule has 0 unspecified atom stereocenters. The zero-order chi connectivity index (χ0) is 12.6. The molecule has 0 aliphatic carbocycles. The lowest BCUT2D eigenvalue weighted by atomic mass is 10.4. The predicted octanol–water partition coefficient (Wildman–Crippen LogP) is 2.78. The van der Waals surface area contributed by atoms with Gasteiger partial charge in [-0.3, -0.25) is 0 Å². The highest BCUT2D eigenvalue weighted by Gasteiger charge is 1.98. The largest absolute Gasteiger partial charge is 0.336 e. The Balaban J connectivity index is 1.75. The van der Waals surface area contributed by atoms with Crippen LogP contribution in [0.2, 0.25) is 0 Å². The van der Waals surface area contributed by atoms with E-state index >= 15 is 0 Å². The minimum Gasteiger partial charge on any atom is -0.336 e. The maximum absolute atomic E-state index is 4.37. The fourth-order valence-corrected chi connectivity index (χ4v) is 2.55. The van der Waals surface area contributed by atoms with E-state index in [1.807, 2.05) is 24.2 Å². The van der Waals surface area contributed by atoms with E-state index in [1.54, 1.807) is 0 Å². The molecule has 0 amide bonds. The van der Waals surface area contributed by atoms with Gasteiger partial charge in [0.2, 0.25) is 0 Å². The van der Waals surface area contributed by atoms with Crippen LogP contribution >= 0.6 is 11.8 Å². The SMILES string of the molecule is CCNCc1cn(CCSc2ccccc2)cn1. The van der Waals surface area contributed by atoms with Crippen LogP contribution in [0.5, 0.6) is 0 Å². The van der Waals surface area contributed by atoms with E-state index in [1.165, 1.54) is 4.90 Å². The van der Waals surface area contributed by atoms with Gasteiger partial charge in [-0.2, -0.15) is 0 Å². The van der Waals surface area contributed by atoms with Gasteiger partial charge in [0.15, 0.2) is 0 Å². The first-order chi connectivity index (χ1) is 8.88. The van der Waals surface area contributed by atoms with Gasteiger partial charge in [-0.1, -0.05) is 25.1 Å². The molecule has 0 spiro atoms. The molecule has 2 aromatic rings. The summed E-state index contributed by atoms with van der Waals surface area (Å²) in [5.41, 5.74) is 1.11. The van der Waals surface area contributed by atoms with Crippen molar-refractivity contribution in [3.8, 4) is 0 Å². The van der Waals surface area contributed by atoms with Crippen molar-refractivity contribution in [1.82, 2.24) is 14.9 Å². The summed E-state index contributed by atoms with van der Waals surface area (Å²) in [5, 5.41) is 3.28. The molecule has 4 heteroatoms. The highest BCUT2D eigenvalue weighted by molar-refractivity contribution is 7.99. The first kappa shape index (κ1) is 13.2. The molecule has 96 valence electrons. The van der Waals surface area contributed by atoms with E-state index in [2.05, 4.69) is 52.3 Å². The molecule has 1 aromatic carbocycles. The van der Waals surface area contributed by atoms with Crippen LogP contribution in [-0.2, 0) is 13.1 Å². The summed E-state index contributed by atoms with van der Waals surface area (Å²) >= 11 is 1.88. The normalized spacial score (nSPS) is 10.7. The summed E-state index contributed by atoms with van der Waals surface area (Å²) in [4.78, 5) is 5.70. The number of thioether (sulfide) groups is 1. The smallest absolute Gasteiger partial charge is 0.0950 e. The van der Waals surface area contributed by atoms with E-state index < -0.39 is 0 Å². The van der Waals surface area contributed by atoms with Crippen molar-refractivity contribution in [2.45, 2.75) is 24.9 Å². The monoisotopic (exact) mass is 261 g/mol. The van der Waals surface area contributed by atoms with Gasteiger partial charge < -0.3 is 9.88 Å². The standard InChI is InChI=1S/C14H19N3S/c1-2-15-10-13-11-17(12-16-13)8-9-18-14-6-4-3-5-7-14/h3-7,11-12,15H,2,8-10H2,1H3. The maximum Gasteiger partial charge on any atom is 0.0950 e. The molecule has 0 bridgehead atoms. The zero-order valence-electron chi connectivity index (χ0n) is 10.7. The van der Waals surface area contributed by atoms with Gasteiger partial charge >= 0.3 is 0 Å². The van der Waals surface area contributed by atoms with Gasteiger partial charge in [0.05, 0.1) is 12.0 Å². The quantitative estimate of drug-likeness (QED) is 0.777. The van der Waals surface area contributed by atoms with Crippen LogP contribution in [0.4, 0.5) is 0 Å². The Labute approximate surface area is 113 Å². The third-order valence-corrected chi connectivity index (χ3v) is 3.60. The molecule has 0 aliphatic rings. The van der Waals surface area contributed by atoms with Crippen LogP contribution in [0.1, 0.15) is 12.6 Å². The number of nitrogens with one attached hydrogen (secondary N) is 1. The lowest BCUT2D eigenvalue weighted by molar-refractivity contribution is 0.711. The fraction of sp³-hybridized carbons (Fsp3) is 0.357. The molecule has 0 atom stereocenters. The second-order valence-electron chi connectivity index (χ2n) is 4.04. The minimum atomic E-state index is 0.856. The van der Waals surface area contributed by atoms with Crippen LogP contribution < -0.4 is 5.32 Å². The highest BCUT2D eigenvalue weighted by atomic mass is 32.2. The molecule has 0 saturated heterocycles. The van der Waals surface area contributed by atoms with Gasteiger partial charge in [-0.25, -0.2) is 4.98 Å². The van der Waals surface area contributed by atoms with Crippen molar-refractivity contribution in [1.29, 1.82) is 0 Å². The van der Waals surface area contributed by atoms with Crippen molar-refractivity contribution < 1.29 is 0 Å². The molecule has 1 heterocycles. The number of rotatable bonds is 7. The van der Waals surface area contributed by atoms with Crippen molar-refractivity contribution in [2.75, 3.05) is 12.3 Å². The van der Waals surface area contributed by atoms with Crippen LogP contribution in [0.3, 0.4) is 0 Å².